The van der Waals surface area contributed by atoms with Crippen molar-refractivity contribution < 1.29 is 14.3 Å². The number of aromatic amines is 1. The number of aromatic nitrogens is 1. The van der Waals surface area contributed by atoms with Crippen LogP contribution in [0, 0.1) is 0 Å². The van der Waals surface area contributed by atoms with Crippen molar-refractivity contribution >= 4 is 50.3 Å². The molecule has 0 spiro atoms. The zero-order valence-corrected chi connectivity index (χ0v) is 16.7. The maximum atomic E-state index is 12.4. The summed E-state index contributed by atoms with van der Waals surface area (Å²) in [6, 6.07) is 14.7. The van der Waals surface area contributed by atoms with Gasteiger partial charge in [0.05, 0.1) is 5.37 Å². The summed E-state index contributed by atoms with van der Waals surface area (Å²) in [5.74, 6) is 0.00315. The summed E-state index contributed by atoms with van der Waals surface area (Å²) in [4.78, 5) is 27.7. The SMILES string of the molecule is O=C(COC(=O)[C@H]1CS[C@H](c2cccc3[nH]ccc23)N1)c1ccc(Br)cc1. The lowest BCUT2D eigenvalue weighted by Crippen LogP contribution is -2.36. The number of benzene rings is 2. The van der Waals surface area contributed by atoms with E-state index in [1.54, 1.807) is 36.0 Å². The van der Waals surface area contributed by atoms with Crippen molar-refractivity contribution in [3.05, 3.63) is 70.3 Å². The number of thioether (sulfide) groups is 1. The lowest BCUT2D eigenvalue weighted by atomic mass is 10.1. The highest BCUT2D eigenvalue weighted by Crippen LogP contribution is 2.36. The fraction of sp³-hybridized carbons (Fsp3) is 0.200. The number of hydrogen-bond acceptors (Lipinski definition) is 5. The first-order valence-corrected chi connectivity index (χ1v) is 10.3. The topological polar surface area (TPSA) is 71.2 Å². The van der Waals surface area contributed by atoms with Gasteiger partial charge in [0.1, 0.15) is 6.04 Å². The molecule has 1 saturated heterocycles. The molecule has 3 aromatic rings. The number of hydrogen-bond donors (Lipinski definition) is 2. The van der Waals surface area contributed by atoms with Gasteiger partial charge in [-0.2, -0.15) is 0 Å². The molecular weight excluding hydrogens is 428 g/mol. The Balaban J connectivity index is 1.36. The van der Waals surface area contributed by atoms with Crippen LogP contribution in [0.2, 0.25) is 0 Å². The number of ether oxygens (including phenoxy) is 1. The summed E-state index contributed by atoms with van der Waals surface area (Å²) in [6.07, 6.45) is 1.91. The number of Topliss-reactive ketones (excluding diaryl/α,β-unsaturated/α-hetero) is 1. The van der Waals surface area contributed by atoms with Crippen molar-refractivity contribution in [3.63, 3.8) is 0 Å². The van der Waals surface area contributed by atoms with Gasteiger partial charge >= 0.3 is 5.97 Å². The van der Waals surface area contributed by atoms with Crippen LogP contribution in [0.15, 0.2) is 59.2 Å². The van der Waals surface area contributed by atoms with Gasteiger partial charge in [-0.05, 0) is 29.8 Å². The minimum Gasteiger partial charge on any atom is -0.456 e. The molecule has 5 nitrogen and oxygen atoms in total. The van der Waals surface area contributed by atoms with Crippen LogP contribution in [0.3, 0.4) is 0 Å². The summed E-state index contributed by atoms with van der Waals surface area (Å²) >= 11 is 5.00. The Bertz CT molecular complexity index is 986. The molecule has 0 bridgehead atoms. The van der Waals surface area contributed by atoms with Gasteiger partial charge in [0.15, 0.2) is 12.4 Å². The zero-order valence-electron chi connectivity index (χ0n) is 14.3. The fourth-order valence-electron chi connectivity index (χ4n) is 3.08. The first kappa shape index (κ1) is 18.3. The van der Waals surface area contributed by atoms with Crippen LogP contribution >= 0.6 is 27.7 Å². The monoisotopic (exact) mass is 444 g/mol. The molecule has 138 valence electrons. The van der Waals surface area contributed by atoms with E-state index in [9.17, 15) is 9.59 Å². The predicted molar refractivity (Wildman–Crippen MR) is 110 cm³/mol. The highest BCUT2D eigenvalue weighted by molar-refractivity contribution is 9.10. The van der Waals surface area contributed by atoms with Crippen molar-refractivity contribution in [2.45, 2.75) is 11.4 Å². The Morgan fingerprint density at radius 3 is 2.78 bits per heavy atom. The van der Waals surface area contributed by atoms with E-state index in [-0.39, 0.29) is 17.8 Å². The third-order valence-corrected chi connectivity index (χ3v) is 6.27. The maximum absolute atomic E-state index is 12.4. The van der Waals surface area contributed by atoms with Crippen molar-refractivity contribution in [1.29, 1.82) is 0 Å². The van der Waals surface area contributed by atoms with Crippen LogP contribution in [0.25, 0.3) is 10.9 Å². The molecular formula is C20H17BrN2O3S. The molecule has 1 aliphatic heterocycles. The van der Waals surface area contributed by atoms with E-state index in [1.165, 1.54) is 0 Å². The Morgan fingerprint density at radius 2 is 1.96 bits per heavy atom. The standard InChI is InChI=1S/C20H17BrN2O3S/c21-13-6-4-12(5-7-13)18(24)10-26-20(25)17-11-27-19(23-17)15-2-1-3-16-14(15)8-9-22-16/h1-9,17,19,22-23H,10-11H2/t17-,19-/m1/s1. The zero-order chi connectivity index (χ0) is 18.8. The number of nitrogens with one attached hydrogen (secondary N) is 2. The molecule has 1 aliphatic rings. The molecule has 7 heteroatoms. The molecule has 2 atom stereocenters. The fourth-order valence-corrected chi connectivity index (χ4v) is 4.61. The van der Waals surface area contributed by atoms with E-state index in [4.69, 9.17) is 4.74 Å². The van der Waals surface area contributed by atoms with Gasteiger partial charge < -0.3 is 9.72 Å². The van der Waals surface area contributed by atoms with E-state index < -0.39 is 12.0 Å². The highest BCUT2D eigenvalue weighted by Gasteiger charge is 2.32. The maximum Gasteiger partial charge on any atom is 0.324 e. The molecule has 2 aromatic carbocycles. The first-order chi connectivity index (χ1) is 13.1. The lowest BCUT2D eigenvalue weighted by Gasteiger charge is -2.14. The third-order valence-electron chi connectivity index (χ3n) is 4.49. The van der Waals surface area contributed by atoms with E-state index in [0.717, 1.165) is 20.9 Å². The summed E-state index contributed by atoms with van der Waals surface area (Å²) in [5.41, 5.74) is 2.73. The molecule has 0 amide bonds. The normalized spacial score (nSPS) is 19.3. The minimum absolute atomic E-state index is 0.0178. The molecule has 1 aromatic heterocycles. The molecule has 0 saturated carbocycles. The third kappa shape index (κ3) is 3.95. The van der Waals surface area contributed by atoms with Crippen molar-refractivity contribution in [2.75, 3.05) is 12.4 Å². The first-order valence-electron chi connectivity index (χ1n) is 8.51. The number of H-pyrrole nitrogens is 1. The van der Waals surface area contributed by atoms with Gasteiger partial charge in [-0.25, -0.2) is 0 Å². The number of fused-ring (bicyclic) bond motifs is 1. The van der Waals surface area contributed by atoms with E-state index >= 15 is 0 Å². The number of carbonyl (C=O) groups excluding carboxylic acids is 2. The Morgan fingerprint density at radius 1 is 1.15 bits per heavy atom. The van der Waals surface area contributed by atoms with Gasteiger partial charge in [0.2, 0.25) is 0 Å². The van der Waals surface area contributed by atoms with E-state index in [1.807, 2.05) is 24.4 Å². The van der Waals surface area contributed by atoms with Gasteiger partial charge in [-0.15, -0.1) is 11.8 Å². The second-order valence-corrected chi connectivity index (χ2v) is 8.31. The molecule has 27 heavy (non-hydrogen) atoms. The molecule has 0 radical (unpaired) electrons. The van der Waals surface area contributed by atoms with Gasteiger partial charge in [-0.3, -0.25) is 14.9 Å². The number of ketones is 1. The highest BCUT2D eigenvalue weighted by atomic mass is 79.9. The molecule has 1 fully saturated rings. The van der Waals surface area contributed by atoms with Crippen LogP contribution < -0.4 is 5.32 Å². The lowest BCUT2D eigenvalue weighted by molar-refractivity contribution is -0.144. The number of rotatable bonds is 5. The average Bonchev–Trinajstić information content (AvgIpc) is 3.35. The van der Waals surface area contributed by atoms with Crippen molar-refractivity contribution in [3.8, 4) is 0 Å². The average molecular weight is 445 g/mol. The molecule has 0 unspecified atom stereocenters. The molecule has 4 rings (SSSR count). The number of halogens is 1. The second kappa shape index (κ2) is 7.88. The summed E-state index contributed by atoms with van der Waals surface area (Å²) < 4.78 is 6.14. The van der Waals surface area contributed by atoms with Crippen LogP contribution in [-0.4, -0.2) is 35.1 Å². The van der Waals surface area contributed by atoms with Crippen molar-refractivity contribution in [1.82, 2.24) is 10.3 Å². The summed E-state index contributed by atoms with van der Waals surface area (Å²) in [6.45, 7) is -0.249. The predicted octanol–water partition coefficient (Wildman–Crippen LogP) is 4.06. The van der Waals surface area contributed by atoms with E-state index in [0.29, 0.717) is 11.3 Å². The van der Waals surface area contributed by atoms with Gasteiger partial charge in [0.25, 0.3) is 0 Å². The Labute approximate surface area is 169 Å². The van der Waals surface area contributed by atoms with Crippen LogP contribution in [0.5, 0.6) is 0 Å². The van der Waals surface area contributed by atoms with Crippen LogP contribution in [0.1, 0.15) is 21.3 Å². The molecule has 0 aliphatic carbocycles. The largest absolute Gasteiger partial charge is 0.456 e. The van der Waals surface area contributed by atoms with Crippen molar-refractivity contribution in [2.24, 2.45) is 0 Å². The molecule has 2 N–H and O–H groups in total. The Hall–Kier alpha value is -2.09. The number of carbonyl (C=O) groups is 2. The minimum atomic E-state index is -0.424. The van der Waals surface area contributed by atoms with Gasteiger partial charge in [-0.1, -0.05) is 40.2 Å². The number of esters is 1. The second-order valence-electron chi connectivity index (χ2n) is 6.26. The summed E-state index contributed by atoms with van der Waals surface area (Å²) in [7, 11) is 0. The quantitative estimate of drug-likeness (QED) is 0.458. The summed E-state index contributed by atoms with van der Waals surface area (Å²) in [5, 5.41) is 4.48. The Kier molecular flexibility index (Phi) is 5.33. The van der Waals surface area contributed by atoms with E-state index in [2.05, 4.69) is 32.3 Å². The van der Waals surface area contributed by atoms with Crippen LogP contribution in [0.4, 0.5) is 0 Å². The van der Waals surface area contributed by atoms with Crippen LogP contribution in [-0.2, 0) is 9.53 Å². The smallest absolute Gasteiger partial charge is 0.324 e. The van der Waals surface area contributed by atoms with Gasteiger partial charge in [0, 0.05) is 32.9 Å². The molecule has 2 heterocycles.